The van der Waals surface area contributed by atoms with Crippen LogP contribution >= 0.6 is 11.3 Å². The number of hydrogen-bond acceptors (Lipinski definition) is 2. The first-order valence-corrected chi connectivity index (χ1v) is 7.30. The first kappa shape index (κ1) is 11.2. The van der Waals surface area contributed by atoms with Gasteiger partial charge in [0.05, 0.1) is 5.69 Å². The lowest BCUT2D eigenvalue weighted by molar-refractivity contribution is 0.619. The molecule has 96 valence electrons. The lowest BCUT2D eigenvalue weighted by Gasteiger charge is -1.99. The van der Waals surface area contributed by atoms with Crippen LogP contribution in [0.2, 0.25) is 0 Å². The molecule has 1 aliphatic rings. The molecule has 0 saturated carbocycles. The van der Waals surface area contributed by atoms with Crippen LogP contribution in [0.1, 0.15) is 22.6 Å². The zero-order valence-corrected chi connectivity index (χ0v) is 11.4. The molecule has 0 spiro atoms. The summed E-state index contributed by atoms with van der Waals surface area (Å²) in [4.78, 5) is 7.12. The maximum Gasteiger partial charge on any atom is 0.194 e. The third kappa shape index (κ3) is 1.63. The number of aromatic nitrogens is 2. The Morgan fingerprint density at radius 2 is 2.21 bits per heavy atom. The van der Waals surface area contributed by atoms with Crippen LogP contribution in [0.3, 0.4) is 0 Å². The SMILES string of the molecule is Cc1ccc(-c2cn3c4c(sc3n2)CCC4)cc1F. The van der Waals surface area contributed by atoms with Crippen LogP contribution in [-0.2, 0) is 12.8 Å². The number of benzene rings is 1. The second-order valence-electron chi connectivity index (χ2n) is 5.07. The zero-order chi connectivity index (χ0) is 13.0. The lowest BCUT2D eigenvalue weighted by atomic mass is 10.1. The Labute approximate surface area is 114 Å². The molecular formula is C15H13FN2S. The summed E-state index contributed by atoms with van der Waals surface area (Å²) in [5.41, 5.74) is 3.78. The van der Waals surface area contributed by atoms with Gasteiger partial charge < -0.3 is 0 Å². The molecule has 0 bridgehead atoms. The zero-order valence-electron chi connectivity index (χ0n) is 10.6. The summed E-state index contributed by atoms with van der Waals surface area (Å²) in [5.74, 6) is -0.168. The fourth-order valence-corrected chi connectivity index (χ4v) is 3.89. The summed E-state index contributed by atoms with van der Waals surface area (Å²) in [6.45, 7) is 1.78. The van der Waals surface area contributed by atoms with E-state index < -0.39 is 0 Å². The van der Waals surface area contributed by atoms with E-state index in [1.165, 1.54) is 23.4 Å². The molecule has 0 atom stereocenters. The maximum absolute atomic E-state index is 13.6. The molecule has 1 aliphatic carbocycles. The van der Waals surface area contributed by atoms with Gasteiger partial charge >= 0.3 is 0 Å². The van der Waals surface area contributed by atoms with Gasteiger partial charge in [-0.15, -0.1) is 11.3 Å². The fraction of sp³-hybridized carbons (Fsp3) is 0.267. The van der Waals surface area contributed by atoms with Crippen molar-refractivity contribution in [1.82, 2.24) is 9.38 Å². The predicted molar refractivity (Wildman–Crippen MR) is 75.2 cm³/mol. The van der Waals surface area contributed by atoms with E-state index in [2.05, 4.69) is 9.38 Å². The number of fused-ring (bicyclic) bond motifs is 3. The molecule has 0 saturated heterocycles. The van der Waals surface area contributed by atoms with Gasteiger partial charge in [-0.1, -0.05) is 12.1 Å². The van der Waals surface area contributed by atoms with Gasteiger partial charge in [-0.3, -0.25) is 4.40 Å². The molecule has 19 heavy (non-hydrogen) atoms. The Hall–Kier alpha value is -1.68. The van der Waals surface area contributed by atoms with E-state index in [1.54, 1.807) is 24.3 Å². The molecule has 1 aromatic carbocycles. The molecule has 2 heterocycles. The van der Waals surface area contributed by atoms with Gasteiger partial charge in [-0.25, -0.2) is 9.37 Å². The van der Waals surface area contributed by atoms with Crippen LogP contribution in [0.15, 0.2) is 24.4 Å². The van der Waals surface area contributed by atoms with E-state index in [0.717, 1.165) is 22.6 Å². The second kappa shape index (κ2) is 3.90. The van der Waals surface area contributed by atoms with Crippen molar-refractivity contribution >= 4 is 16.3 Å². The van der Waals surface area contributed by atoms with Crippen molar-refractivity contribution in [2.24, 2.45) is 0 Å². The van der Waals surface area contributed by atoms with E-state index >= 15 is 0 Å². The minimum atomic E-state index is -0.168. The van der Waals surface area contributed by atoms with Gasteiger partial charge in [0, 0.05) is 22.3 Å². The maximum atomic E-state index is 13.6. The monoisotopic (exact) mass is 272 g/mol. The highest BCUT2D eigenvalue weighted by molar-refractivity contribution is 7.17. The van der Waals surface area contributed by atoms with Crippen LogP contribution in [0.4, 0.5) is 4.39 Å². The van der Waals surface area contributed by atoms with E-state index in [1.807, 2.05) is 18.3 Å². The number of hydrogen-bond donors (Lipinski definition) is 0. The highest BCUT2D eigenvalue weighted by atomic mass is 32.1. The minimum Gasteiger partial charge on any atom is -0.294 e. The Bertz CT molecular complexity index is 785. The summed E-state index contributed by atoms with van der Waals surface area (Å²) in [6, 6.07) is 5.32. The van der Waals surface area contributed by atoms with Gasteiger partial charge in [0.15, 0.2) is 4.96 Å². The number of aryl methyl sites for hydroxylation is 3. The molecule has 0 unspecified atom stereocenters. The summed E-state index contributed by atoms with van der Waals surface area (Å²) >= 11 is 1.77. The predicted octanol–water partition coefficient (Wildman–Crippen LogP) is 4.00. The van der Waals surface area contributed by atoms with E-state index in [0.29, 0.717) is 5.56 Å². The molecule has 4 heteroatoms. The third-order valence-electron chi connectivity index (χ3n) is 3.79. The van der Waals surface area contributed by atoms with Crippen molar-refractivity contribution < 1.29 is 4.39 Å². The molecule has 2 aromatic heterocycles. The molecule has 0 fully saturated rings. The quantitative estimate of drug-likeness (QED) is 0.654. The van der Waals surface area contributed by atoms with Crippen LogP contribution < -0.4 is 0 Å². The van der Waals surface area contributed by atoms with E-state index in [9.17, 15) is 4.39 Å². The van der Waals surface area contributed by atoms with Crippen molar-refractivity contribution in [3.05, 3.63) is 46.3 Å². The molecule has 0 radical (unpaired) electrons. The Kier molecular flexibility index (Phi) is 2.30. The largest absolute Gasteiger partial charge is 0.294 e. The molecule has 2 nitrogen and oxygen atoms in total. The standard InChI is InChI=1S/C15H13FN2S/c1-9-5-6-10(7-11(9)16)12-8-18-13-3-2-4-14(13)19-15(18)17-12/h5-8H,2-4H2,1H3. The first-order chi connectivity index (χ1) is 9.22. The first-order valence-electron chi connectivity index (χ1n) is 6.48. The van der Waals surface area contributed by atoms with Crippen molar-refractivity contribution in [2.45, 2.75) is 26.2 Å². The average Bonchev–Trinajstić information content (AvgIpc) is 3.03. The van der Waals surface area contributed by atoms with Gasteiger partial charge in [0.1, 0.15) is 5.82 Å². The van der Waals surface area contributed by atoms with Crippen molar-refractivity contribution in [3.8, 4) is 11.3 Å². The second-order valence-corrected chi connectivity index (χ2v) is 6.13. The Morgan fingerprint density at radius 1 is 1.32 bits per heavy atom. The number of nitrogens with zero attached hydrogens (tertiary/aromatic N) is 2. The van der Waals surface area contributed by atoms with Gasteiger partial charge in [-0.05, 0) is 37.8 Å². The summed E-state index contributed by atoms with van der Waals surface area (Å²) in [6.07, 6.45) is 5.59. The van der Waals surface area contributed by atoms with Crippen LogP contribution in [0.5, 0.6) is 0 Å². The van der Waals surface area contributed by atoms with Crippen LogP contribution in [0, 0.1) is 12.7 Å². The summed E-state index contributed by atoms with van der Waals surface area (Å²) < 4.78 is 15.8. The lowest BCUT2D eigenvalue weighted by Crippen LogP contribution is -1.86. The third-order valence-corrected chi connectivity index (χ3v) is 4.94. The van der Waals surface area contributed by atoms with Crippen molar-refractivity contribution in [2.75, 3.05) is 0 Å². The topological polar surface area (TPSA) is 17.3 Å². The molecule has 0 amide bonds. The summed E-state index contributed by atoms with van der Waals surface area (Å²) in [7, 11) is 0. The number of imidazole rings is 1. The molecular weight excluding hydrogens is 259 g/mol. The number of thiazole rings is 1. The number of rotatable bonds is 1. The fourth-order valence-electron chi connectivity index (χ4n) is 2.69. The Balaban J connectivity index is 1.87. The van der Waals surface area contributed by atoms with Gasteiger partial charge in [0.25, 0.3) is 0 Å². The van der Waals surface area contributed by atoms with Gasteiger partial charge in [-0.2, -0.15) is 0 Å². The average molecular weight is 272 g/mol. The molecule has 0 N–H and O–H groups in total. The Morgan fingerprint density at radius 3 is 3.05 bits per heavy atom. The smallest absolute Gasteiger partial charge is 0.194 e. The molecule has 4 rings (SSSR count). The molecule has 0 aliphatic heterocycles. The van der Waals surface area contributed by atoms with Crippen molar-refractivity contribution in [1.29, 1.82) is 0 Å². The van der Waals surface area contributed by atoms with E-state index in [4.69, 9.17) is 0 Å². The highest BCUT2D eigenvalue weighted by Gasteiger charge is 2.19. The molecule has 3 aromatic rings. The highest BCUT2D eigenvalue weighted by Crippen LogP contribution is 2.33. The van der Waals surface area contributed by atoms with Gasteiger partial charge in [0.2, 0.25) is 0 Å². The minimum absolute atomic E-state index is 0.168. The normalized spacial score (nSPS) is 14.2. The summed E-state index contributed by atoms with van der Waals surface area (Å²) in [5, 5.41) is 0. The van der Waals surface area contributed by atoms with E-state index in [-0.39, 0.29) is 5.82 Å². The van der Waals surface area contributed by atoms with Crippen LogP contribution in [0.25, 0.3) is 16.2 Å². The van der Waals surface area contributed by atoms with Crippen LogP contribution in [-0.4, -0.2) is 9.38 Å². The van der Waals surface area contributed by atoms with Crippen molar-refractivity contribution in [3.63, 3.8) is 0 Å². The number of halogens is 1.